The van der Waals surface area contributed by atoms with E-state index in [0.717, 1.165) is 23.2 Å². The van der Waals surface area contributed by atoms with Gasteiger partial charge in [0.1, 0.15) is 0 Å². The number of benzene rings is 2. The van der Waals surface area contributed by atoms with Crippen LogP contribution >= 0.6 is 0 Å². The Hall–Kier alpha value is -3.62. The smallest absolute Gasteiger partial charge is 0.416 e. The molecule has 0 radical (unpaired) electrons. The zero-order valence-corrected chi connectivity index (χ0v) is 15.3. The van der Waals surface area contributed by atoms with Crippen molar-refractivity contribution in [2.45, 2.75) is 13.1 Å². The largest absolute Gasteiger partial charge is 0.465 e. The number of aromatic nitrogens is 4. The number of fused-ring (bicyclic) bond motifs is 1. The van der Waals surface area contributed by atoms with Crippen molar-refractivity contribution < 1.29 is 17.9 Å². The number of rotatable bonds is 5. The van der Waals surface area contributed by atoms with Crippen LogP contribution in [0, 0.1) is 0 Å². The Labute approximate surface area is 164 Å². The van der Waals surface area contributed by atoms with E-state index < -0.39 is 11.7 Å². The standard InChI is InChI=1S/C20H16F3N5O/c1-2-29-19-26-15-5-3-4-6-16(15)28(19)18-12-24-11-17(27-18)25-14-9-7-13(8-10-14)20(21,22)23/h3-12H,2H2,1H3,(H,25,27). The van der Waals surface area contributed by atoms with E-state index in [9.17, 15) is 13.2 Å². The van der Waals surface area contributed by atoms with Gasteiger partial charge in [-0.25, -0.2) is 9.55 Å². The fourth-order valence-corrected chi connectivity index (χ4v) is 2.87. The Morgan fingerprint density at radius 1 is 1.00 bits per heavy atom. The molecule has 4 rings (SSSR count). The molecule has 148 valence electrons. The molecule has 1 N–H and O–H groups in total. The summed E-state index contributed by atoms with van der Waals surface area (Å²) in [5, 5.41) is 2.97. The highest BCUT2D eigenvalue weighted by atomic mass is 19.4. The molecule has 0 aliphatic rings. The Morgan fingerprint density at radius 3 is 2.48 bits per heavy atom. The molecule has 0 bridgehead atoms. The highest BCUT2D eigenvalue weighted by Gasteiger charge is 2.29. The van der Waals surface area contributed by atoms with Crippen molar-refractivity contribution in [3.8, 4) is 11.8 Å². The molecule has 0 spiro atoms. The maximum absolute atomic E-state index is 12.7. The van der Waals surface area contributed by atoms with Gasteiger partial charge in [0.05, 0.1) is 35.6 Å². The van der Waals surface area contributed by atoms with E-state index in [0.29, 0.717) is 29.9 Å². The second-order valence-electron chi connectivity index (χ2n) is 6.11. The SMILES string of the molecule is CCOc1nc2ccccc2n1-c1cncc(Nc2ccc(C(F)(F)F)cc2)n1. The van der Waals surface area contributed by atoms with E-state index in [2.05, 4.69) is 20.3 Å². The Morgan fingerprint density at radius 2 is 1.76 bits per heavy atom. The molecule has 4 aromatic rings. The fraction of sp³-hybridized carbons (Fsp3) is 0.150. The van der Waals surface area contributed by atoms with Crippen molar-refractivity contribution in [1.82, 2.24) is 19.5 Å². The molecule has 0 aliphatic heterocycles. The normalized spacial score (nSPS) is 11.6. The first-order valence-electron chi connectivity index (χ1n) is 8.82. The van der Waals surface area contributed by atoms with Crippen LogP contribution in [0.3, 0.4) is 0 Å². The first-order valence-corrected chi connectivity index (χ1v) is 8.82. The maximum atomic E-state index is 12.7. The average molecular weight is 399 g/mol. The number of nitrogens with zero attached hydrogens (tertiary/aromatic N) is 4. The molecule has 0 unspecified atom stereocenters. The number of ether oxygens (including phenoxy) is 1. The van der Waals surface area contributed by atoms with Crippen molar-refractivity contribution in [3.63, 3.8) is 0 Å². The minimum absolute atomic E-state index is 0.377. The molecular formula is C20H16F3N5O. The summed E-state index contributed by atoms with van der Waals surface area (Å²) >= 11 is 0. The second kappa shape index (κ2) is 7.42. The average Bonchev–Trinajstić information content (AvgIpc) is 3.06. The number of imidazole rings is 1. The van der Waals surface area contributed by atoms with Gasteiger partial charge in [-0.1, -0.05) is 12.1 Å². The summed E-state index contributed by atoms with van der Waals surface area (Å²) < 4.78 is 45.5. The van der Waals surface area contributed by atoms with E-state index in [1.807, 2.05) is 31.2 Å². The molecule has 0 atom stereocenters. The zero-order valence-electron chi connectivity index (χ0n) is 15.3. The fourth-order valence-electron chi connectivity index (χ4n) is 2.87. The number of hydrogen-bond donors (Lipinski definition) is 1. The monoisotopic (exact) mass is 399 g/mol. The van der Waals surface area contributed by atoms with Gasteiger partial charge in [-0.3, -0.25) is 4.98 Å². The van der Waals surface area contributed by atoms with Gasteiger partial charge in [-0.15, -0.1) is 0 Å². The first-order chi connectivity index (χ1) is 14.0. The second-order valence-corrected chi connectivity index (χ2v) is 6.11. The van der Waals surface area contributed by atoms with Crippen molar-refractivity contribution in [2.24, 2.45) is 0 Å². The van der Waals surface area contributed by atoms with Crippen LogP contribution in [0.15, 0.2) is 60.9 Å². The lowest BCUT2D eigenvalue weighted by molar-refractivity contribution is -0.137. The van der Waals surface area contributed by atoms with Gasteiger partial charge >= 0.3 is 12.2 Å². The predicted octanol–water partition coefficient (Wildman–Crippen LogP) is 4.98. The number of nitrogens with one attached hydrogen (secondary N) is 1. The molecular weight excluding hydrogens is 383 g/mol. The van der Waals surface area contributed by atoms with E-state index in [-0.39, 0.29) is 0 Å². The summed E-state index contributed by atoms with van der Waals surface area (Å²) in [6.07, 6.45) is -1.33. The first kappa shape index (κ1) is 18.7. The number of para-hydroxylation sites is 2. The summed E-state index contributed by atoms with van der Waals surface area (Å²) in [5.41, 5.74) is 1.30. The lowest BCUT2D eigenvalue weighted by Gasteiger charge is -2.11. The summed E-state index contributed by atoms with van der Waals surface area (Å²) in [7, 11) is 0. The number of anilines is 2. The lowest BCUT2D eigenvalue weighted by atomic mass is 10.2. The highest BCUT2D eigenvalue weighted by Crippen LogP contribution is 2.30. The van der Waals surface area contributed by atoms with Crippen LogP contribution in [-0.4, -0.2) is 26.1 Å². The Bertz CT molecular complexity index is 1140. The van der Waals surface area contributed by atoms with Crippen LogP contribution in [0.1, 0.15) is 12.5 Å². The predicted molar refractivity (Wildman–Crippen MR) is 103 cm³/mol. The van der Waals surface area contributed by atoms with E-state index in [4.69, 9.17) is 4.74 Å². The number of halogens is 3. The lowest BCUT2D eigenvalue weighted by Crippen LogP contribution is -2.06. The van der Waals surface area contributed by atoms with Crippen LogP contribution in [0.4, 0.5) is 24.7 Å². The molecule has 0 fully saturated rings. The van der Waals surface area contributed by atoms with Crippen LogP contribution in [-0.2, 0) is 6.18 Å². The third-order valence-electron chi connectivity index (χ3n) is 4.14. The molecule has 0 saturated heterocycles. The summed E-state index contributed by atoms with van der Waals surface area (Å²) in [6, 6.07) is 12.6. The molecule has 2 aromatic carbocycles. The van der Waals surface area contributed by atoms with Gasteiger partial charge < -0.3 is 10.1 Å². The molecule has 0 aliphatic carbocycles. The molecule has 9 heteroatoms. The zero-order chi connectivity index (χ0) is 20.4. The molecule has 29 heavy (non-hydrogen) atoms. The number of hydrogen-bond acceptors (Lipinski definition) is 5. The maximum Gasteiger partial charge on any atom is 0.416 e. The van der Waals surface area contributed by atoms with Gasteiger partial charge in [0.25, 0.3) is 0 Å². The Kier molecular flexibility index (Phi) is 4.79. The van der Waals surface area contributed by atoms with E-state index in [1.54, 1.807) is 10.8 Å². The van der Waals surface area contributed by atoms with Crippen LogP contribution < -0.4 is 10.1 Å². The minimum atomic E-state index is -4.38. The van der Waals surface area contributed by atoms with Crippen molar-refractivity contribution in [1.29, 1.82) is 0 Å². The highest BCUT2D eigenvalue weighted by molar-refractivity contribution is 5.78. The van der Waals surface area contributed by atoms with Crippen molar-refractivity contribution in [2.75, 3.05) is 11.9 Å². The van der Waals surface area contributed by atoms with Gasteiger partial charge in [0, 0.05) is 5.69 Å². The third kappa shape index (κ3) is 3.84. The quantitative estimate of drug-likeness (QED) is 0.513. The topological polar surface area (TPSA) is 64.9 Å². The molecule has 2 heterocycles. The third-order valence-corrected chi connectivity index (χ3v) is 4.14. The van der Waals surface area contributed by atoms with Crippen molar-refractivity contribution >= 4 is 22.5 Å². The van der Waals surface area contributed by atoms with Gasteiger partial charge in [0.15, 0.2) is 11.6 Å². The van der Waals surface area contributed by atoms with Crippen LogP contribution in [0.5, 0.6) is 6.01 Å². The summed E-state index contributed by atoms with van der Waals surface area (Å²) in [5.74, 6) is 0.849. The Balaban J connectivity index is 1.68. The van der Waals surface area contributed by atoms with Crippen LogP contribution in [0.25, 0.3) is 16.9 Å². The number of alkyl halides is 3. The van der Waals surface area contributed by atoms with Gasteiger partial charge in [-0.05, 0) is 43.3 Å². The molecule has 0 saturated carbocycles. The van der Waals surface area contributed by atoms with Gasteiger partial charge in [0.2, 0.25) is 0 Å². The molecule has 6 nitrogen and oxygen atoms in total. The van der Waals surface area contributed by atoms with Crippen molar-refractivity contribution in [3.05, 3.63) is 66.5 Å². The van der Waals surface area contributed by atoms with Crippen LogP contribution in [0.2, 0.25) is 0 Å². The molecule has 0 amide bonds. The minimum Gasteiger partial charge on any atom is -0.465 e. The summed E-state index contributed by atoms with van der Waals surface area (Å²) in [6.45, 7) is 2.29. The van der Waals surface area contributed by atoms with E-state index in [1.165, 1.54) is 18.3 Å². The van der Waals surface area contributed by atoms with E-state index >= 15 is 0 Å². The molecule has 2 aromatic heterocycles. The summed E-state index contributed by atoms with van der Waals surface area (Å²) in [4.78, 5) is 13.2. The van der Waals surface area contributed by atoms with Gasteiger partial charge in [-0.2, -0.15) is 18.2 Å².